The van der Waals surface area contributed by atoms with Gasteiger partial charge in [0.05, 0.1) is 0 Å². The Morgan fingerprint density at radius 1 is 1.20 bits per heavy atom. The zero-order valence-electron chi connectivity index (χ0n) is 6.32. The third-order valence-electron chi connectivity index (χ3n) is 0. The van der Waals surface area contributed by atoms with E-state index in [0.717, 1.165) is 0 Å². The summed E-state index contributed by atoms with van der Waals surface area (Å²) in [7, 11) is 0. The molecule has 0 aromatic carbocycles. The molecule has 24 valence electrons. The monoisotopic (exact) mass is 514 g/mol. The molecule has 0 unspecified atom stereocenters. The number of hydrogen-bond donors (Lipinski definition) is 0. The predicted molar refractivity (Wildman–Crippen MR) is 28.0 cm³/mol. The molecule has 5 heavy (non-hydrogen) atoms. The molecular weight excluding hydrogens is 508 g/mol. The average molecular weight is 514 g/mol. The normalized spacial score (nSPS) is 0. The average Bonchev–Trinajstić information content (AvgIpc) is 0. The van der Waals surface area contributed by atoms with Gasteiger partial charge >= 0.3 is 134 Å². The third kappa shape index (κ3) is 17.7. The molecule has 0 aliphatic rings. The van der Waals surface area contributed by atoms with E-state index in [4.69, 9.17) is 0 Å². The molecule has 0 aliphatic heterocycles. The standard InChI is InChI=1S/BrH.Ca.Cs.Pb.Ti.5H/h1H;;;;;;;;;/q;+2;+1;;;;;3*-1. The second kappa shape index (κ2) is 22.7. The van der Waals surface area contributed by atoms with Crippen molar-refractivity contribution in [1.82, 2.24) is 0 Å². The van der Waals surface area contributed by atoms with Crippen molar-refractivity contribution < 1.29 is 94.9 Å². The summed E-state index contributed by atoms with van der Waals surface area (Å²) in [5.41, 5.74) is 0. The van der Waals surface area contributed by atoms with Crippen molar-refractivity contribution in [2.75, 3.05) is 0 Å². The molecule has 0 spiro atoms. The number of rotatable bonds is 0. The fraction of sp³-hybridized carbons (Fsp3) is 0. The minimum atomic E-state index is 0. The van der Waals surface area contributed by atoms with E-state index >= 15 is 0 Å². The molecule has 0 bridgehead atoms. The molecule has 0 saturated heterocycles. The predicted octanol–water partition coefficient (Wildman–Crippen LogP) is -3.38. The van der Waals surface area contributed by atoms with Gasteiger partial charge in [0, 0.05) is 21.7 Å². The van der Waals surface area contributed by atoms with Crippen molar-refractivity contribution in [3.8, 4) is 0 Å². The largest absolute Gasteiger partial charge is 0 e. The number of halogens is 1. The fourth-order valence-electron chi connectivity index (χ4n) is 0. The van der Waals surface area contributed by atoms with Crippen molar-refractivity contribution in [2.24, 2.45) is 0 Å². The fourth-order valence-corrected chi connectivity index (χ4v) is 0. The Labute approximate surface area is 171 Å². The van der Waals surface area contributed by atoms with Gasteiger partial charge in [0.1, 0.15) is 0 Å². The Balaban J connectivity index is 0. The summed E-state index contributed by atoms with van der Waals surface area (Å²) >= 11 is 0. The molecule has 0 heterocycles. The molecule has 0 amide bonds. The summed E-state index contributed by atoms with van der Waals surface area (Å²) in [5.74, 6) is 0. The van der Waals surface area contributed by atoms with Crippen molar-refractivity contribution in [1.29, 1.82) is 0 Å². The molecule has 5 heteroatoms. The van der Waals surface area contributed by atoms with Gasteiger partial charge in [-0.1, -0.05) is 0 Å². The van der Waals surface area contributed by atoms with Crippen LogP contribution in [0.3, 0.4) is 0 Å². The molecule has 0 aromatic rings. The second-order valence-electron chi connectivity index (χ2n) is 0. The first kappa shape index (κ1) is 31.5. The van der Waals surface area contributed by atoms with Crippen LogP contribution in [0, 0.1) is 0 Å². The SMILES string of the molecule is Br.[Ca+2].[Cs+].[H-].[H-].[H-].[PbH2].[Ti]. The second-order valence-corrected chi connectivity index (χ2v) is 0. The van der Waals surface area contributed by atoms with Crippen LogP contribution in [0.25, 0.3) is 0 Å². The van der Waals surface area contributed by atoms with Gasteiger partial charge < -0.3 is 4.28 Å². The zero-order valence-corrected chi connectivity index (χ0v) is 20.6. The first-order chi connectivity index (χ1) is 0. The molecular formula is H6BrCaCsPbTi. The Bertz CT molecular complexity index is 19.2. The Kier molecular flexibility index (Phi) is 143. The molecule has 0 rings (SSSR count). The maximum atomic E-state index is 0. The van der Waals surface area contributed by atoms with Crippen molar-refractivity contribution in [3.05, 3.63) is 0 Å². The van der Waals surface area contributed by atoms with Gasteiger partial charge in [0.2, 0.25) is 0 Å². The van der Waals surface area contributed by atoms with Crippen LogP contribution in [0.1, 0.15) is 4.28 Å². The summed E-state index contributed by atoms with van der Waals surface area (Å²) in [6, 6.07) is 0. The summed E-state index contributed by atoms with van der Waals surface area (Å²) in [6.45, 7) is 0. The summed E-state index contributed by atoms with van der Waals surface area (Å²) in [5, 5.41) is 0. The van der Waals surface area contributed by atoms with Crippen LogP contribution < -0.4 is 68.9 Å². The third-order valence-corrected chi connectivity index (χ3v) is 0. The van der Waals surface area contributed by atoms with Crippen molar-refractivity contribution >= 4 is 82.0 Å². The van der Waals surface area contributed by atoms with E-state index in [2.05, 4.69) is 0 Å². The molecule has 0 N–H and O–H groups in total. The molecule has 0 aliphatic carbocycles. The van der Waals surface area contributed by atoms with E-state index in [1.165, 1.54) is 0 Å². The first-order valence-electron chi connectivity index (χ1n) is 0. The van der Waals surface area contributed by atoms with E-state index in [1.807, 2.05) is 0 Å². The maximum absolute atomic E-state index is 0. The van der Waals surface area contributed by atoms with Crippen molar-refractivity contribution in [3.63, 3.8) is 0 Å². The molecule has 0 aromatic heterocycles. The Morgan fingerprint density at radius 3 is 1.20 bits per heavy atom. The Morgan fingerprint density at radius 2 is 1.20 bits per heavy atom. The van der Waals surface area contributed by atoms with E-state index < -0.39 is 0 Å². The van der Waals surface area contributed by atoms with Crippen LogP contribution in [0.2, 0.25) is 0 Å². The minimum Gasteiger partial charge on any atom is 0 e. The van der Waals surface area contributed by atoms with Crippen LogP contribution >= 0.6 is 17.0 Å². The molecule has 0 saturated carbocycles. The summed E-state index contributed by atoms with van der Waals surface area (Å²) < 4.78 is 0. The van der Waals surface area contributed by atoms with Gasteiger partial charge in [-0.2, -0.15) is 0 Å². The van der Waals surface area contributed by atoms with Crippen LogP contribution in [-0.2, 0) is 21.7 Å². The minimum absolute atomic E-state index is 0. The zero-order chi connectivity index (χ0) is 0. The van der Waals surface area contributed by atoms with Crippen LogP contribution in [0.4, 0.5) is 0 Å². The topological polar surface area (TPSA) is 0 Å². The van der Waals surface area contributed by atoms with Gasteiger partial charge in [-0.05, 0) is 0 Å². The van der Waals surface area contributed by atoms with E-state index in [1.54, 1.807) is 0 Å². The van der Waals surface area contributed by atoms with Crippen molar-refractivity contribution in [2.45, 2.75) is 0 Å². The maximum Gasteiger partial charge on any atom is 0 e. The summed E-state index contributed by atoms with van der Waals surface area (Å²) in [6.07, 6.45) is 0. The van der Waals surface area contributed by atoms with Crippen LogP contribution in [0.15, 0.2) is 0 Å². The van der Waals surface area contributed by atoms with Gasteiger partial charge in [0.25, 0.3) is 0 Å². The molecule has 0 atom stereocenters. The first-order valence-corrected chi connectivity index (χ1v) is 0. The smallest absolute Gasteiger partial charge is 0 e. The summed E-state index contributed by atoms with van der Waals surface area (Å²) in [4.78, 5) is 0. The molecule has 2 radical (unpaired) electrons. The van der Waals surface area contributed by atoms with Gasteiger partial charge in [-0.15, -0.1) is 17.0 Å². The van der Waals surface area contributed by atoms with Crippen LogP contribution in [0.5, 0.6) is 0 Å². The van der Waals surface area contributed by atoms with Gasteiger partial charge in [-0.3, -0.25) is 0 Å². The van der Waals surface area contributed by atoms with E-state index in [9.17, 15) is 0 Å². The van der Waals surface area contributed by atoms with E-state index in [0.29, 0.717) is 0 Å². The Hall–Kier alpha value is 5.43. The van der Waals surface area contributed by atoms with Gasteiger partial charge in [0.15, 0.2) is 0 Å². The van der Waals surface area contributed by atoms with E-state index in [-0.39, 0.29) is 177 Å². The van der Waals surface area contributed by atoms with Gasteiger partial charge in [-0.25, -0.2) is 0 Å². The van der Waals surface area contributed by atoms with Crippen LogP contribution in [-0.4, -0.2) is 65.0 Å². The number of hydrogen-bond acceptors (Lipinski definition) is 0. The molecule has 0 nitrogen and oxygen atoms in total. The quantitative estimate of drug-likeness (QED) is 0.297. The molecule has 0 fully saturated rings.